The molecule has 0 aliphatic carbocycles. The summed E-state index contributed by atoms with van der Waals surface area (Å²) in [5, 5.41) is 8.63. The number of nitrogens with zero attached hydrogens (tertiary/aromatic N) is 2. The number of likely N-dealkylation sites (tertiary alicyclic amines) is 1. The van der Waals surface area contributed by atoms with Crippen molar-refractivity contribution in [2.75, 3.05) is 18.4 Å². The van der Waals surface area contributed by atoms with Gasteiger partial charge in [0.15, 0.2) is 0 Å². The van der Waals surface area contributed by atoms with Crippen LogP contribution in [0.5, 0.6) is 0 Å². The number of rotatable bonds is 5. The van der Waals surface area contributed by atoms with Gasteiger partial charge >= 0.3 is 6.03 Å². The minimum atomic E-state index is -0.179. The number of carbonyl (C=O) groups is 2. The molecule has 0 saturated carbocycles. The van der Waals surface area contributed by atoms with Gasteiger partial charge in [0.1, 0.15) is 0 Å². The third kappa shape index (κ3) is 5.16. The number of thiazole rings is 1. The quantitative estimate of drug-likeness (QED) is 0.792. The lowest BCUT2D eigenvalue weighted by atomic mass is 10.2. The Balaban J connectivity index is 1.50. The van der Waals surface area contributed by atoms with Gasteiger partial charge < -0.3 is 15.5 Å². The molecule has 0 unspecified atom stereocenters. The van der Waals surface area contributed by atoms with Crippen molar-refractivity contribution in [1.82, 2.24) is 15.2 Å². The van der Waals surface area contributed by atoms with Gasteiger partial charge in [-0.05, 0) is 43.5 Å². The van der Waals surface area contributed by atoms with Crippen LogP contribution in [0.2, 0.25) is 0 Å². The van der Waals surface area contributed by atoms with Gasteiger partial charge in [0.25, 0.3) is 0 Å². The number of nitrogens with one attached hydrogen (secondary N) is 2. The molecule has 0 spiro atoms. The Morgan fingerprint density at radius 2 is 2.12 bits per heavy atom. The fourth-order valence-electron chi connectivity index (χ4n) is 2.75. The number of aromatic nitrogens is 1. The molecule has 1 aromatic heterocycles. The standard InChI is InChI=1S/C19H22N4O2S/c1-14-21-17(13-26-14)7-8-18(24)20-12-15-5-4-6-16(11-15)22-19(25)23-9-2-3-10-23/h4-8,11,13H,2-3,9-10,12H2,1H3,(H,20,24)(H,22,25)/b8-7+. The highest BCUT2D eigenvalue weighted by Crippen LogP contribution is 2.14. The number of aryl methyl sites for hydroxylation is 1. The minimum Gasteiger partial charge on any atom is -0.348 e. The number of amides is 3. The van der Waals surface area contributed by atoms with Gasteiger partial charge in [-0.3, -0.25) is 4.79 Å². The highest BCUT2D eigenvalue weighted by atomic mass is 32.1. The van der Waals surface area contributed by atoms with Crippen LogP contribution in [0.15, 0.2) is 35.7 Å². The van der Waals surface area contributed by atoms with Gasteiger partial charge in [0.05, 0.1) is 10.7 Å². The van der Waals surface area contributed by atoms with E-state index >= 15 is 0 Å². The second-order valence-corrected chi connectivity index (χ2v) is 7.23. The van der Waals surface area contributed by atoms with Crippen molar-refractivity contribution in [2.24, 2.45) is 0 Å². The van der Waals surface area contributed by atoms with Crippen LogP contribution in [0.4, 0.5) is 10.5 Å². The molecule has 1 aromatic carbocycles. The topological polar surface area (TPSA) is 74.3 Å². The first-order valence-electron chi connectivity index (χ1n) is 8.63. The van der Waals surface area contributed by atoms with E-state index in [9.17, 15) is 9.59 Å². The number of hydrogen-bond donors (Lipinski definition) is 2. The minimum absolute atomic E-state index is 0.0647. The second kappa shape index (κ2) is 8.62. The molecule has 2 N–H and O–H groups in total. The number of urea groups is 1. The summed E-state index contributed by atoms with van der Waals surface area (Å²) in [4.78, 5) is 30.2. The molecule has 1 aliphatic rings. The zero-order valence-corrected chi connectivity index (χ0v) is 15.5. The lowest BCUT2D eigenvalue weighted by Crippen LogP contribution is -2.32. The van der Waals surface area contributed by atoms with E-state index in [0.29, 0.717) is 6.54 Å². The summed E-state index contributed by atoms with van der Waals surface area (Å²) in [6, 6.07) is 7.45. The number of carbonyl (C=O) groups excluding carboxylic acids is 2. The maximum Gasteiger partial charge on any atom is 0.321 e. The van der Waals surface area contributed by atoms with Gasteiger partial charge in [0, 0.05) is 36.8 Å². The summed E-state index contributed by atoms with van der Waals surface area (Å²) in [6.45, 7) is 3.95. The number of benzene rings is 1. The van der Waals surface area contributed by atoms with E-state index in [-0.39, 0.29) is 11.9 Å². The molecule has 1 saturated heterocycles. The van der Waals surface area contributed by atoms with Crippen LogP contribution in [0.25, 0.3) is 6.08 Å². The highest BCUT2D eigenvalue weighted by Gasteiger charge is 2.17. The van der Waals surface area contributed by atoms with Gasteiger partial charge in [-0.1, -0.05) is 12.1 Å². The monoisotopic (exact) mass is 370 g/mol. The maximum atomic E-state index is 12.1. The first-order chi connectivity index (χ1) is 12.6. The summed E-state index contributed by atoms with van der Waals surface area (Å²) < 4.78 is 0. The van der Waals surface area contributed by atoms with E-state index in [0.717, 1.165) is 47.9 Å². The summed E-state index contributed by atoms with van der Waals surface area (Å²) in [7, 11) is 0. The van der Waals surface area contributed by atoms with Crippen molar-refractivity contribution < 1.29 is 9.59 Å². The first kappa shape index (κ1) is 18.1. The SMILES string of the molecule is Cc1nc(/C=C/C(=O)NCc2cccc(NC(=O)N3CCCC3)c2)cs1. The normalized spacial score (nSPS) is 14.0. The van der Waals surface area contributed by atoms with Gasteiger partial charge in [0.2, 0.25) is 5.91 Å². The fraction of sp³-hybridized carbons (Fsp3) is 0.316. The largest absolute Gasteiger partial charge is 0.348 e. The smallest absolute Gasteiger partial charge is 0.321 e. The molecular formula is C19H22N4O2S. The summed E-state index contributed by atoms with van der Waals surface area (Å²) in [5.41, 5.74) is 2.45. The fourth-order valence-corrected chi connectivity index (χ4v) is 3.33. The lowest BCUT2D eigenvalue weighted by Gasteiger charge is -2.16. The van der Waals surface area contributed by atoms with E-state index in [1.807, 2.05) is 41.5 Å². The van der Waals surface area contributed by atoms with Gasteiger partial charge in [-0.15, -0.1) is 11.3 Å². The van der Waals surface area contributed by atoms with Crippen molar-refractivity contribution in [1.29, 1.82) is 0 Å². The number of hydrogen-bond acceptors (Lipinski definition) is 4. The van der Waals surface area contributed by atoms with Crippen LogP contribution < -0.4 is 10.6 Å². The Morgan fingerprint density at radius 1 is 1.31 bits per heavy atom. The van der Waals surface area contributed by atoms with E-state index in [4.69, 9.17) is 0 Å². The predicted molar refractivity (Wildman–Crippen MR) is 104 cm³/mol. The van der Waals surface area contributed by atoms with Crippen LogP contribution >= 0.6 is 11.3 Å². The van der Waals surface area contributed by atoms with Crippen molar-refractivity contribution in [3.05, 3.63) is 52.0 Å². The zero-order chi connectivity index (χ0) is 18.4. The van der Waals surface area contributed by atoms with E-state index in [2.05, 4.69) is 15.6 Å². The third-order valence-corrected chi connectivity index (χ3v) is 4.87. The molecule has 7 heteroatoms. The van der Waals surface area contributed by atoms with Crippen LogP contribution in [0.3, 0.4) is 0 Å². The Kier molecular flexibility index (Phi) is 6.01. The van der Waals surface area contributed by atoms with E-state index in [1.54, 1.807) is 17.4 Å². The van der Waals surface area contributed by atoms with Crippen LogP contribution in [-0.2, 0) is 11.3 Å². The molecule has 3 rings (SSSR count). The molecule has 0 atom stereocenters. The molecular weight excluding hydrogens is 348 g/mol. The predicted octanol–water partition coefficient (Wildman–Crippen LogP) is 3.41. The molecule has 0 bridgehead atoms. The molecule has 3 amide bonds. The number of anilines is 1. The van der Waals surface area contributed by atoms with Gasteiger partial charge in [-0.25, -0.2) is 9.78 Å². The third-order valence-electron chi connectivity index (χ3n) is 4.08. The van der Waals surface area contributed by atoms with Crippen molar-refractivity contribution in [3.63, 3.8) is 0 Å². The Bertz CT molecular complexity index is 809. The van der Waals surface area contributed by atoms with Crippen molar-refractivity contribution in [2.45, 2.75) is 26.3 Å². The van der Waals surface area contributed by atoms with E-state index < -0.39 is 0 Å². The molecule has 0 radical (unpaired) electrons. The first-order valence-corrected chi connectivity index (χ1v) is 9.51. The summed E-state index contributed by atoms with van der Waals surface area (Å²) >= 11 is 1.55. The summed E-state index contributed by atoms with van der Waals surface area (Å²) in [6.07, 6.45) is 5.31. The molecule has 2 aromatic rings. The average Bonchev–Trinajstić information content (AvgIpc) is 3.30. The highest BCUT2D eigenvalue weighted by molar-refractivity contribution is 7.09. The molecule has 1 fully saturated rings. The van der Waals surface area contributed by atoms with Crippen molar-refractivity contribution >= 4 is 35.0 Å². The van der Waals surface area contributed by atoms with Crippen LogP contribution in [0.1, 0.15) is 29.1 Å². The Labute approximate surface area is 156 Å². The molecule has 6 nitrogen and oxygen atoms in total. The molecule has 1 aliphatic heterocycles. The second-order valence-electron chi connectivity index (χ2n) is 6.17. The molecule has 26 heavy (non-hydrogen) atoms. The average molecular weight is 370 g/mol. The molecule has 2 heterocycles. The maximum absolute atomic E-state index is 12.1. The zero-order valence-electron chi connectivity index (χ0n) is 14.7. The van der Waals surface area contributed by atoms with E-state index in [1.165, 1.54) is 6.08 Å². The van der Waals surface area contributed by atoms with Crippen LogP contribution in [-0.4, -0.2) is 34.9 Å². The van der Waals surface area contributed by atoms with Crippen molar-refractivity contribution in [3.8, 4) is 0 Å². The van der Waals surface area contributed by atoms with Gasteiger partial charge in [-0.2, -0.15) is 0 Å². The Morgan fingerprint density at radius 3 is 2.85 bits per heavy atom. The lowest BCUT2D eigenvalue weighted by molar-refractivity contribution is -0.116. The van der Waals surface area contributed by atoms with Crippen LogP contribution in [0, 0.1) is 6.92 Å². The summed E-state index contributed by atoms with van der Waals surface area (Å²) in [5.74, 6) is -0.179. The Hall–Kier alpha value is -2.67. The molecule has 136 valence electrons.